The van der Waals surface area contributed by atoms with Crippen molar-refractivity contribution in [1.82, 2.24) is 19.6 Å². The maximum Gasteiger partial charge on any atom is 0.237 e. The Morgan fingerprint density at radius 1 is 1.16 bits per heavy atom. The van der Waals surface area contributed by atoms with Crippen LogP contribution in [0.2, 0.25) is 0 Å². The molecule has 0 bridgehead atoms. The van der Waals surface area contributed by atoms with Crippen LogP contribution in [0.5, 0.6) is 0 Å². The van der Waals surface area contributed by atoms with Gasteiger partial charge in [0.25, 0.3) is 0 Å². The predicted molar refractivity (Wildman–Crippen MR) is 95.1 cm³/mol. The van der Waals surface area contributed by atoms with E-state index in [1.54, 1.807) is 6.20 Å². The SMILES string of the molecule is O=C(CN1CCO[C@H](Cn2cccn2)C1)N1CCC[C@H]2CCCC[C@@H]21. The highest BCUT2D eigenvalue weighted by Gasteiger charge is 2.36. The van der Waals surface area contributed by atoms with Crippen LogP contribution in [0.3, 0.4) is 0 Å². The van der Waals surface area contributed by atoms with E-state index in [0.29, 0.717) is 25.1 Å². The summed E-state index contributed by atoms with van der Waals surface area (Å²) in [5.74, 6) is 1.08. The number of nitrogens with zero attached hydrogens (tertiary/aromatic N) is 4. The van der Waals surface area contributed by atoms with Gasteiger partial charge in [-0.15, -0.1) is 0 Å². The van der Waals surface area contributed by atoms with Crippen LogP contribution in [0.25, 0.3) is 0 Å². The van der Waals surface area contributed by atoms with Crippen molar-refractivity contribution in [3.63, 3.8) is 0 Å². The molecule has 138 valence electrons. The van der Waals surface area contributed by atoms with E-state index in [1.807, 2.05) is 16.9 Å². The van der Waals surface area contributed by atoms with Gasteiger partial charge >= 0.3 is 0 Å². The molecule has 1 amide bonds. The Kier molecular flexibility index (Phi) is 5.36. The first-order valence-electron chi connectivity index (χ1n) is 9.90. The topological polar surface area (TPSA) is 50.6 Å². The molecule has 3 fully saturated rings. The van der Waals surface area contributed by atoms with Crippen molar-refractivity contribution in [2.45, 2.75) is 57.2 Å². The molecule has 2 aliphatic heterocycles. The van der Waals surface area contributed by atoms with Gasteiger partial charge in [0, 0.05) is 38.1 Å². The first-order valence-corrected chi connectivity index (χ1v) is 9.90. The van der Waals surface area contributed by atoms with Crippen LogP contribution >= 0.6 is 0 Å². The zero-order valence-electron chi connectivity index (χ0n) is 15.1. The summed E-state index contributed by atoms with van der Waals surface area (Å²) < 4.78 is 7.78. The number of rotatable bonds is 4. The molecule has 1 aliphatic carbocycles. The molecule has 2 saturated heterocycles. The van der Waals surface area contributed by atoms with Crippen LogP contribution in [-0.2, 0) is 16.1 Å². The van der Waals surface area contributed by atoms with Gasteiger partial charge in [-0.2, -0.15) is 5.10 Å². The molecule has 0 spiro atoms. The smallest absolute Gasteiger partial charge is 0.237 e. The average Bonchev–Trinajstić information content (AvgIpc) is 3.14. The molecule has 25 heavy (non-hydrogen) atoms. The van der Waals surface area contributed by atoms with Crippen LogP contribution in [0.1, 0.15) is 38.5 Å². The van der Waals surface area contributed by atoms with Crippen LogP contribution in [0.4, 0.5) is 0 Å². The number of carbonyl (C=O) groups is 1. The predicted octanol–water partition coefficient (Wildman–Crippen LogP) is 1.77. The van der Waals surface area contributed by atoms with Crippen molar-refractivity contribution in [2.24, 2.45) is 5.92 Å². The standard InChI is InChI=1S/C19H30N4O2/c24-19(23-10-3-6-16-5-1-2-7-18(16)23)15-21-11-12-25-17(13-21)14-22-9-4-8-20-22/h4,8-9,16-18H,1-3,5-7,10-15H2/t16-,17+,18+/m1/s1. The maximum atomic E-state index is 13.0. The molecule has 0 aromatic carbocycles. The van der Waals surface area contributed by atoms with Crippen molar-refractivity contribution in [3.8, 4) is 0 Å². The number of likely N-dealkylation sites (tertiary alicyclic amines) is 1. The fraction of sp³-hybridized carbons (Fsp3) is 0.789. The van der Waals surface area contributed by atoms with E-state index in [0.717, 1.165) is 32.1 Å². The van der Waals surface area contributed by atoms with Crippen molar-refractivity contribution < 1.29 is 9.53 Å². The lowest BCUT2D eigenvalue weighted by atomic mass is 9.78. The summed E-state index contributed by atoms with van der Waals surface area (Å²) in [5, 5.41) is 4.26. The van der Waals surface area contributed by atoms with Gasteiger partial charge in [0.1, 0.15) is 0 Å². The molecule has 0 unspecified atom stereocenters. The van der Waals surface area contributed by atoms with Crippen LogP contribution in [-0.4, -0.2) is 70.4 Å². The highest BCUT2D eigenvalue weighted by atomic mass is 16.5. The molecule has 6 nitrogen and oxygen atoms in total. The lowest BCUT2D eigenvalue weighted by Gasteiger charge is -2.45. The van der Waals surface area contributed by atoms with Crippen molar-refractivity contribution >= 4 is 5.91 Å². The molecule has 3 heterocycles. The highest BCUT2D eigenvalue weighted by Crippen LogP contribution is 2.35. The van der Waals surface area contributed by atoms with Gasteiger partial charge in [-0.05, 0) is 37.7 Å². The Labute approximate surface area is 150 Å². The number of amides is 1. The summed E-state index contributed by atoms with van der Waals surface area (Å²) in [6.07, 6.45) is 11.5. The molecule has 1 aromatic heterocycles. The van der Waals surface area contributed by atoms with Crippen LogP contribution < -0.4 is 0 Å². The van der Waals surface area contributed by atoms with E-state index in [2.05, 4.69) is 14.9 Å². The van der Waals surface area contributed by atoms with Gasteiger partial charge < -0.3 is 9.64 Å². The highest BCUT2D eigenvalue weighted by molar-refractivity contribution is 5.78. The first-order chi connectivity index (χ1) is 12.3. The van der Waals surface area contributed by atoms with Crippen LogP contribution in [0.15, 0.2) is 18.5 Å². The Bertz CT molecular complexity index is 560. The molecule has 1 aromatic rings. The summed E-state index contributed by atoms with van der Waals surface area (Å²) in [5.41, 5.74) is 0. The minimum atomic E-state index is 0.116. The minimum Gasteiger partial charge on any atom is -0.374 e. The lowest BCUT2D eigenvalue weighted by Crippen LogP contribution is -2.54. The number of aromatic nitrogens is 2. The van der Waals surface area contributed by atoms with Crippen molar-refractivity contribution in [1.29, 1.82) is 0 Å². The Morgan fingerprint density at radius 2 is 2.04 bits per heavy atom. The third-order valence-electron chi connectivity index (χ3n) is 6.10. The van der Waals surface area contributed by atoms with Gasteiger partial charge in [0.15, 0.2) is 0 Å². The second-order valence-electron chi connectivity index (χ2n) is 7.80. The monoisotopic (exact) mass is 346 g/mol. The van der Waals surface area contributed by atoms with Gasteiger partial charge in [-0.1, -0.05) is 12.8 Å². The van der Waals surface area contributed by atoms with Gasteiger partial charge in [0.2, 0.25) is 5.91 Å². The second-order valence-corrected chi connectivity index (χ2v) is 7.80. The van der Waals surface area contributed by atoms with Gasteiger partial charge in [-0.3, -0.25) is 14.4 Å². The molecule has 0 N–H and O–H groups in total. The fourth-order valence-electron chi connectivity index (χ4n) is 4.87. The maximum absolute atomic E-state index is 13.0. The zero-order chi connectivity index (χ0) is 17.1. The molecular weight excluding hydrogens is 316 g/mol. The minimum absolute atomic E-state index is 0.116. The van der Waals surface area contributed by atoms with E-state index in [1.165, 1.54) is 38.5 Å². The van der Waals surface area contributed by atoms with E-state index in [9.17, 15) is 4.79 Å². The summed E-state index contributed by atoms with van der Waals surface area (Å²) in [7, 11) is 0. The Balaban J connectivity index is 1.32. The number of fused-ring (bicyclic) bond motifs is 1. The molecule has 4 rings (SSSR count). The summed E-state index contributed by atoms with van der Waals surface area (Å²) in [6, 6.07) is 2.44. The van der Waals surface area contributed by atoms with Crippen molar-refractivity contribution in [2.75, 3.05) is 32.8 Å². The second kappa shape index (κ2) is 7.87. The van der Waals surface area contributed by atoms with Gasteiger partial charge in [0.05, 0.1) is 25.8 Å². The average molecular weight is 346 g/mol. The normalized spacial score (nSPS) is 30.9. The molecule has 0 radical (unpaired) electrons. The summed E-state index contributed by atoms with van der Waals surface area (Å²) in [4.78, 5) is 17.5. The Morgan fingerprint density at radius 3 is 2.92 bits per heavy atom. The lowest BCUT2D eigenvalue weighted by molar-refractivity contribution is -0.140. The first kappa shape index (κ1) is 17.0. The van der Waals surface area contributed by atoms with E-state index < -0.39 is 0 Å². The Hall–Kier alpha value is -1.40. The molecule has 3 atom stereocenters. The molecular formula is C19H30N4O2. The van der Waals surface area contributed by atoms with E-state index in [4.69, 9.17) is 4.74 Å². The molecule has 1 saturated carbocycles. The number of morpholine rings is 1. The largest absolute Gasteiger partial charge is 0.374 e. The van der Waals surface area contributed by atoms with E-state index in [-0.39, 0.29) is 6.10 Å². The number of carbonyl (C=O) groups excluding carboxylic acids is 1. The summed E-state index contributed by atoms with van der Waals surface area (Å²) in [6.45, 7) is 4.62. The number of hydrogen-bond acceptors (Lipinski definition) is 4. The third kappa shape index (κ3) is 4.06. The molecule has 3 aliphatic rings. The number of hydrogen-bond donors (Lipinski definition) is 0. The quantitative estimate of drug-likeness (QED) is 0.834. The zero-order valence-corrected chi connectivity index (χ0v) is 15.1. The fourth-order valence-corrected chi connectivity index (χ4v) is 4.87. The number of piperidine rings is 1. The number of ether oxygens (including phenoxy) is 1. The van der Waals surface area contributed by atoms with Gasteiger partial charge in [-0.25, -0.2) is 0 Å². The third-order valence-corrected chi connectivity index (χ3v) is 6.10. The molecule has 6 heteroatoms. The van der Waals surface area contributed by atoms with E-state index >= 15 is 0 Å². The van der Waals surface area contributed by atoms with Crippen molar-refractivity contribution in [3.05, 3.63) is 18.5 Å². The van der Waals surface area contributed by atoms with Crippen LogP contribution in [0, 0.1) is 5.92 Å². The summed E-state index contributed by atoms with van der Waals surface area (Å²) >= 11 is 0.